The first-order valence-electron chi connectivity index (χ1n) is 8.33. The Kier molecular flexibility index (Phi) is 5.08. The fraction of sp³-hybridized carbons (Fsp3) is 0.471. The molecule has 2 aromatic rings. The van der Waals surface area contributed by atoms with E-state index in [9.17, 15) is 4.79 Å². The summed E-state index contributed by atoms with van der Waals surface area (Å²) >= 11 is 1.47. The summed E-state index contributed by atoms with van der Waals surface area (Å²) < 4.78 is 0. The predicted octanol–water partition coefficient (Wildman–Crippen LogP) is 3.32. The third kappa shape index (κ3) is 4.01. The molecule has 0 spiro atoms. The van der Waals surface area contributed by atoms with Gasteiger partial charge in [-0.3, -0.25) is 4.79 Å². The van der Waals surface area contributed by atoms with Gasteiger partial charge in [-0.25, -0.2) is 9.97 Å². The highest BCUT2D eigenvalue weighted by Crippen LogP contribution is 2.32. The summed E-state index contributed by atoms with van der Waals surface area (Å²) in [6.07, 6.45) is 2.98. The van der Waals surface area contributed by atoms with E-state index in [-0.39, 0.29) is 11.9 Å². The topological polar surface area (TPSA) is 83.9 Å². The van der Waals surface area contributed by atoms with Crippen molar-refractivity contribution in [3.05, 3.63) is 34.7 Å². The molecule has 0 aliphatic carbocycles. The van der Waals surface area contributed by atoms with Crippen LogP contribution >= 0.6 is 11.3 Å². The molecule has 1 N–H and O–H groups in total. The van der Waals surface area contributed by atoms with Crippen LogP contribution in [-0.2, 0) is 4.79 Å². The molecule has 132 valence electrons. The number of carbonyl (C=O) groups excluding carboxylic acids is 1. The molecular weight excluding hydrogens is 336 g/mol. The molecule has 7 nitrogen and oxygen atoms in total. The number of amides is 1. The van der Waals surface area contributed by atoms with Crippen molar-refractivity contribution in [2.75, 3.05) is 11.9 Å². The Balaban J connectivity index is 1.89. The third-order valence-electron chi connectivity index (χ3n) is 4.09. The molecule has 0 saturated carbocycles. The van der Waals surface area contributed by atoms with Gasteiger partial charge in [0.25, 0.3) is 0 Å². The molecule has 25 heavy (non-hydrogen) atoms. The summed E-state index contributed by atoms with van der Waals surface area (Å²) in [6.45, 7) is 10.0. The number of nitrogens with one attached hydrogen (secondary N) is 1. The van der Waals surface area contributed by atoms with Crippen molar-refractivity contribution in [3.63, 3.8) is 0 Å². The first-order chi connectivity index (χ1) is 11.9. The van der Waals surface area contributed by atoms with Gasteiger partial charge in [0.1, 0.15) is 16.6 Å². The maximum Gasteiger partial charge on any atom is 0.249 e. The summed E-state index contributed by atoms with van der Waals surface area (Å²) in [5, 5.41) is 12.8. The summed E-state index contributed by atoms with van der Waals surface area (Å²) in [5.41, 5.74) is 1.41. The average Bonchev–Trinajstić information content (AvgIpc) is 2.98. The molecule has 3 rings (SSSR count). The van der Waals surface area contributed by atoms with Gasteiger partial charge in [-0.05, 0) is 40.0 Å². The first kappa shape index (κ1) is 17.5. The van der Waals surface area contributed by atoms with E-state index in [2.05, 4.69) is 32.1 Å². The minimum absolute atomic E-state index is 0.00442. The molecule has 1 aliphatic rings. The van der Waals surface area contributed by atoms with E-state index in [1.165, 1.54) is 11.3 Å². The van der Waals surface area contributed by atoms with Crippen LogP contribution in [0.4, 0.5) is 10.9 Å². The predicted molar refractivity (Wildman–Crippen MR) is 97.8 cm³/mol. The van der Waals surface area contributed by atoms with E-state index in [0.29, 0.717) is 22.3 Å². The van der Waals surface area contributed by atoms with Crippen LogP contribution in [0.25, 0.3) is 0 Å². The van der Waals surface area contributed by atoms with Crippen molar-refractivity contribution in [2.24, 2.45) is 0 Å². The standard InChI is InChI=1S/C17H22N6OS/c1-10(2)16(24)23-8-6-5-7-14(23)13-9-15(19-11(3)18-13)20-17-22-21-12(4)25-17/h9,14H,1,5-8H2,2-4H3,(H,18,19,20,22). The zero-order chi connectivity index (χ0) is 18.0. The number of hydrogen-bond acceptors (Lipinski definition) is 7. The van der Waals surface area contributed by atoms with Crippen molar-refractivity contribution < 1.29 is 4.79 Å². The molecule has 0 bridgehead atoms. The zero-order valence-corrected chi connectivity index (χ0v) is 15.6. The molecule has 1 atom stereocenters. The molecule has 0 aromatic carbocycles. The van der Waals surface area contributed by atoms with Gasteiger partial charge in [-0.2, -0.15) is 0 Å². The third-order valence-corrected chi connectivity index (χ3v) is 4.84. The van der Waals surface area contributed by atoms with Crippen LogP contribution in [0.1, 0.15) is 48.8 Å². The Bertz CT molecular complexity index is 802. The summed E-state index contributed by atoms with van der Waals surface area (Å²) in [6, 6.07) is 1.86. The Hall–Kier alpha value is -2.35. The van der Waals surface area contributed by atoms with Crippen molar-refractivity contribution in [2.45, 2.75) is 46.1 Å². The maximum absolute atomic E-state index is 12.5. The van der Waals surface area contributed by atoms with Crippen molar-refractivity contribution >= 4 is 28.2 Å². The van der Waals surface area contributed by atoms with E-state index in [1.54, 1.807) is 6.92 Å². The smallest absolute Gasteiger partial charge is 0.249 e. The lowest BCUT2D eigenvalue weighted by molar-refractivity contribution is -0.130. The van der Waals surface area contributed by atoms with Gasteiger partial charge < -0.3 is 10.2 Å². The summed E-state index contributed by atoms with van der Waals surface area (Å²) in [4.78, 5) is 23.4. The zero-order valence-electron chi connectivity index (χ0n) is 14.7. The average molecular weight is 358 g/mol. The van der Waals surface area contributed by atoms with Gasteiger partial charge in [0.2, 0.25) is 11.0 Å². The van der Waals surface area contributed by atoms with Gasteiger partial charge in [0.15, 0.2) is 0 Å². The highest BCUT2D eigenvalue weighted by atomic mass is 32.1. The summed E-state index contributed by atoms with van der Waals surface area (Å²) in [7, 11) is 0. The lowest BCUT2D eigenvalue weighted by Gasteiger charge is -2.35. The first-order valence-corrected chi connectivity index (χ1v) is 9.15. The number of piperidine rings is 1. The van der Waals surface area contributed by atoms with Crippen LogP contribution in [0, 0.1) is 13.8 Å². The van der Waals surface area contributed by atoms with Gasteiger partial charge >= 0.3 is 0 Å². The number of anilines is 2. The van der Waals surface area contributed by atoms with Crippen molar-refractivity contribution in [3.8, 4) is 0 Å². The van der Waals surface area contributed by atoms with Crippen molar-refractivity contribution in [1.29, 1.82) is 0 Å². The van der Waals surface area contributed by atoms with Gasteiger partial charge in [-0.1, -0.05) is 17.9 Å². The quantitative estimate of drug-likeness (QED) is 0.844. The van der Waals surface area contributed by atoms with Gasteiger partial charge in [-0.15, -0.1) is 10.2 Å². The lowest BCUT2D eigenvalue weighted by Crippen LogP contribution is -2.39. The molecule has 1 unspecified atom stereocenters. The van der Waals surface area contributed by atoms with E-state index in [1.807, 2.05) is 24.8 Å². The van der Waals surface area contributed by atoms with Crippen LogP contribution in [0.3, 0.4) is 0 Å². The molecule has 0 radical (unpaired) electrons. The van der Waals surface area contributed by atoms with Crippen LogP contribution in [0.2, 0.25) is 0 Å². The van der Waals surface area contributed by atoms with Gasteiger partial charge in [0.05, 0.1) is 11.7 Å². The Labute approximate surface area is 151 Å². The van der Waals surface area contributed by atoms with Crippen LogP contribution in [0.5, 0.6) is 0 Å². The molecule has 3 heterocycles. The van der Waals surface area contributed by atoms with Crippen molar-refractivity contribution in [1.82, 2.24) is 25.1 Å². The minimum Gasteiger partial charge on any atom is -0.330 e. The van der Waals surface area contributed by atoms with E-state index >= 15 is 0 Å². The monoisotopic (exact) mass is 358 g/mol. The molecule has 1 fully saturated rings. The number of aromatic nitrogens is 4. The van der Waals surface area contributed by atoms with Crippen LogP contribution in [0.15, 0.2) is 18.2 Å². The number of rotatable bonds is 4. The lowest BCUT2D eigenvalue weighted by atomic mass is 9.98. The minimum atomic E-state index is -0.0450. The Morgan fingerprint density at radius 3 is 2.80 bits per heavy atom. The maximum atomic E-state index is 12.5. The Morgan fingerprint density at radius 2 is 2.12 bits per heavy atom. The highest BCUT2D eigenvalue weighted by molar-refractivity contribution is 7.15. The molecule has 1 saturated heterocycles. The second-order valence-electron chi connectivity index (χ2n) is 6.27. The second-order valence-corrected chi connectivity index (χ2v) is 7.45. The molecule has 1 aliphatic heterocycles. The van der Waals surface area contributed by atoms with Crippen LogP contribution in [-0.4, -0.2) is 37.5 Å². The van der Waals surface area contributed by atoms with E-state index < -0.39 is 0 Å². The molecule has 2 aromatic heterocycles. The Morgan fingerprint density at radius 1 is 1.32 bits per heavy atom. The van der Waals surface area contributed by atoms with E-state index in [4.69, 9.17) is 0 Å². The molecule has 8 heteroatoms. The highest BCUT2D eigenvalue weighted by Gasteiger charge is 2.29. The number of carbonyl (C=O) groups is 1. The number of hydrogen-bond donors (Lipinski definition) is 1. The normalized spacial score (nSPS) is 17.4. The van der Waals surface area contributed by atoms with Gasteiger partial charge in [0, 0.05) is 18.2 Å². The molecular formula is C17H22N6OS. The second kappa shape index (κ2) is 7.26. The molecule has 1 amide bonds. The number of aryl methyl sites for hydroxylation is 2. The number of nitrogens with zero attached hydrogens (tertiary/aromatic N) is 5. The summed E-state index contributed by atoms with van der Waals surface area (Å²) in [5.74, 6) is 1.33. The SMILES string of the molecule is C=C(C)C(=O)N1CCCCC1c1cc(Nc2nnc(C)s2)nc(C)n1. The number of likely N-dealkylation sites (tertiary alicyclic amines) is 1. The largest absolute Gasteiger partial charge is 0.330 e. The fourth-order valence-corrected chi connectivity index (χ4v) is 3.61. The fourth-order valence-electron chi connectivity index (χ4n) is 3.01. The van der Waals surface area contributed by atoms with Crippen LogP contribution < -0.4 is 5.32 Å². The van der Waals surface area contributed by atoms with E-state index in [0.717, 1.165) is 36.5 Å².